The fourth-order valence-corrected chi connectivity index (χ4v) is 2.53. The van der Waals surface area contributed by atoms with Crippen molar-refractivity contribution in [1.82, 2.24) is 10.2 Å². The van der Waals surface area contributed by atoms with Gasteiger partial charge in [-0.05, 0) is 33.0 Å². The maximum atomic E-state index is 5.60. The molecule has 0 amide bonds. The molecule has 2 atom stereocenters. The lowest BCUT2D eigenvalue weighted by Crippen LogP contribution is -2.36. The van der Waals surface area contributed by atoms with Crippen LogP contribution >= 0.6 is 0 Å². The fraction of sp³-hybridized carbons (Fsp3) is 0.714. The molecule has 0 saturated carbocycles. The molecule has 18 heavy (non-hydrogen) atoms. The molecule has 0 aliphatic carbocycles. The van der Waals surface area contributed by atoms with Crippen LogP contribution in [0.15, 0.2) is 16.7 Å². The standard InChI is InChI=1S/C14H24N2O2/c1-4-15-8-12-7-13(18-10-12)9-16(3)14-5-6-17-11(14)2/h7,10-11,14-15H,4-6,8-9H2,1-3H3. The topological polar surface area (TPSA) is 37.6 Å². The van der Waals surface area contributed by atoms with Gasteiger partial charge in [0.1, 0.15) is 5.76 Å². The molecule has 2 rings (SSSR count). The maximum absolute atomic E-state index is 5.60. The Hall–Kier alpha value is -0.840. The summed E-state index contributed by atoms with van der Waals surface area (Å²) in [6.45, 7) is 7.84. The van der Waals surface area contributed by atoms with Gasteiger partial charge >= 0.3 is 0 Å². The summed E-state index contributed by atoms with van der Waals surface area (Å²) in [5.74, 6) is 1.03. The molecular weight excluding hydrogens is 228 g/mol. The van der Waals surface area contributed by atoms with E-state index in [2.05, 4.69) is 37.2 Å². The molecule has 1 saturated heterocycles. The lowest BCUT2D eigenvalue weighted by atomic mass is 10.1. The molecule has 0 spiro atoms. The summed E-state index contributed by atoms with van der Waals surface area (Å²) in [7, 11) is 2.14. The normalized spacial score (nSPS) is 24.0. The Morgan fingerprint density at radius 1 is 1.50 bits per heavy atom. The number of nitrogens with zero attached hydrogens (tertiary/aromatic N) is 1. The van der Waals surface area contributed by atoms with Crippen molar-refractivity contribution < 1.29 is 9.15 Å². The average molecular weight is 252 g/mol. The summed E-state index contributed by atoms with van der Waals surface area (Å²) in [4.78, 5) is 2.33. The van der Waals surface area contributed by atoms with E-state index in [1.165, 1.54) is 5.56 Å². The minimum atomic E-state index is 0.325. The molecule has 1 N–H and O–H groups in total. The van der Waals surface area contributed by atoms with E-state index in [-0.39, 0.29) is 0 Å². The molecule has 102 valence electrons. The number of likely N-dealkylation sites (N-methyl/N-ethyl adjacent to an activating group) is 1. The number of nitrogens with one attached hydrogen (secondary N) is 1. The summed E-state index contributed by atoms with van der Waals surface area (Å²) in [6, 6.07) is 2.65. The first-order valence-electron chi connectivity index (χ1n) is 6.79. The zero-order valence-electron chi connectivity index (χ0n) is 11.6. The third-order valence-electron chi connectivity index (χ3n) is 3.59. The van der Waals surface area contributed by atoms with Crippen molar-refractivity contribution in [1.29, 1.82) is 0 Å². The van der Waals surface area contributed by atoms with Crippen molar-refractivity contribution in [3.8, 4) is 0 Å². The van der Waals surface area contributed by atoms with Crippen LogP contribution in [-0.2, 0) is 17.8 Å². The highest BCUT2D eigenvalue weighted by Gasteiger charge is 2.28. The van der Waals surface area contributed by atoms with Gasteiger partial charge in [0, 0.05) is 24.8 Å². The van der Waals surface area contributed by atoms with Crippen LogP contribution in [0.1, 0.15) is 31.6 Å². The van der Waals surface area contributed by atoms with Gasteiger partial charge in [0.15, 0.2) is 0 Å². The molecule has 4 heteroatoms. The van der Waals surface area contributed by atoms with E-state index in [0.717, 1.165) is 38.4 Å². The Morgan fingerprint density at radius 2 is 2.33 bits per heavy atom. The van der Waals surface area contributed by atoms with Crippen LogP contribution in [0.4, 0.5) is 0 Å². The summed E-state index contributed by atoms with van der Waals surface area (Å²) in [5, 5.41) is 3.30. The highest BCUT2D eigenvalue weighted by molar-refractivity contribution is 5.12. The van der Waals surface area contributed by atoms with Gasteiger partial charge in [-0.25, -0.2) is 0 Å². The van der Waals surface area contributed by atoms with E-state index in [4.69, 9.17) is 9.15 Å². The minimum absolute atomic E-state index is 0.325. The van der Waals surface area contributed by atoms with Crippen molar-refractivity contribution in [3.63, 3.8) is 0 Å². The molecule has 1 fully saturated rings. The fourth-order valence-electron chi connectivity index (χ4n) is 2.53. The molecule has 0 radical (unpaired) electrons. The van der Waals surface area contributed by atoms with Gasteiger partial charge < -0.3 is 14.5 Å². The highest BCUT2D eigenvalue weighted by Crippen LogP contribution is 2.20. The first-order valence-corrected chi connectivity index (χ1v) is 6.79. The van der Waals surface area contributed by atoms with Crippen LogP contribution in [0, 0.1) is 0 Å². The third kappa shape index (κ3) is 3.34. The molecule has 0 bridgehead atoms. The van der Waals surface area contributed by atoms with E-state index < -0.39 is 0 Å². The van der Waals surface area contributed by atoms with Crippen molar-refractivity contribution in [2.24, 2.45) is 0 Å². The number of ether oxygens (including phenoxy) is 1. The van der Waals surface area contributed by atoms with Crippen molar-refractivity contribution in [3.05, 3.63) is 23.7 Å². The largest absolute Gasteiger partial charge is 0.468 e. The average Bonchev–Trinajstić information content (AvgIpc) is 2.95. The molecule has 0 aromatic carbocycles. The Balaban J connectivity index is 1.86. The Labute approximate surface area is 109 Å². The molecule has 1 aromatic heterocycles. The van der Waals surface area contributed by atoms with Crippen molar-refractivity contribution in [2.75, 3.05) is 20.2 Å². The van der Waals surface area contributed by atoms with E-state index in [1.807, 2.05) is 6.26 Å². The summed E-state index contributed by atoms with van der Waals surface area (Å²) < 4.78 is 11.2. The lowest BCUT2D eigenvalue weighted by Gasteiger charge is -2.25. The number of hydrogen-bond donors (Lipinski definition) is 1. The van der Waals surface area contributed by atoms with Crippen LogP contribution in [0.2, 0.25) is 0 Å². The van der Waals surface area contributed by atoms with E-state index in [0.29, 0.717) is 12.1 Å². The van der Waals surface area contributed by atoms with Crippen LogP contribution in [0.3, 0.4) is 0 Å². The number of hydrogen-bond acceptors (Lipinski definition) is 4. The van der Waals surface area contributed by atoms with Crippen LogP contribution in [-0.4, -0.2) is 37.2 Å². The molecule has 2 heterocycles. The maximum Gasteiger partial charge on any atom is 0.118 e. The molecule has 1 aromatic rings. The molecule has 1 aliphatic heterocycles. The van der Waals surface area contributed by atoms with Crippen LogP contribution < -0.4 is 5.32 Å². The quantitative estimate of drug-likeness (QED) is 0.840. The minimum Gasteiger partial charge on any atom is -0.468 e. The summed E-state index contributed by atoms with van der Waals surface area (Å²) in [5.41, 5.74) is 1.22. The van der Waals surface area contributed by atoms with Gasteiger partial charge in [-0.3, -0.25) is 4.90 Å². The number of furan rings is 1. The van der Waals surface area contributed by atoms with Crippen LogP contribution in [0.25, 0.3) is 0 Å². The first kappa shape index (κ1) is 13.6. The SMILES string of the molecule is CCNCc1coc(CN(C)C2CCOC2C)c1. The Kier molecular flexibility index (Phi) is 4.80. The molecular formula is C14H24N2O2. The van der Waals surface area contributed by atoms with E-state index in [9.17, 15) is 0 Å². The van der Waals surface area contributed by atoms with Gasteiger partial charge in [0.2, 0.25) is 0 Å². The second-order valence-electron chi connectivity index (χ2n) is 5.05. The lowest BCUT2D eigenvalue weighted by molar-refractivity contribution is 0.0792. The first-order chi connectivity index (χ1) is 8.70. The van der Waals surface area contributed by atoms with Gasteiger partial charge in [-0.2, -0.15) is 0 Å². The van der Waals surface area contributed by atoms with Gasteiger partial charge in [0.05, 0.1) is 18.9 Å². The monoisotopic (exact) mass is 252 g/mol. The molecule has 4 nitrogen and oxygen atoms in total. The van der Waals surface area contributed by atoms with E-state index >= 15 is 0 Å². The van der Waals surface area contributed by atoms with Gasteiger partial charge in [-0.15, -0.1) is 0 Å². The van der Waals surface area contributed by atoms with E-state index in [1.54, 1.807) is 0 Å². The molecule has 2 unspecified atom stereocenters. The summed E-state index contributed by atoms with van der Waals surface area (Å²) in [6.07, 6.45) is 3.29. The summed E-state index contributed by atoms with van der Waals surface area (Å²) >= 11 is 0. The number of rotatable bonds is 6. The van der Waals surface area contributed by atoms with Crippen molar-refractivity contribution >= 4 is 0 Å². The smallest absolute Gasteiger partial charge is 0.118 e. The highest BCUT2D eigenvalue weighted by atomic mass is 16.5. The predicted octanol–water partition coefficient (Wildman–Crippen LogP) is 2.00. The third-order valence-corrected chi connectivity index (χ3v) is 3.59. The predicted molar refractivity (Wildman–Crippen MR) is 71.4 cm³/mol. The second kappa shape index (κ2) is 6.36. The van der Waals surface area contributed by atoms with Gasteiger partial charge in [0.25, 0.3) is 0 Å². The Morgan fingerprint density at radius 3 is 3.00 bits per heavy atom. The Bertz CT molecular complexity index is 364. The van der Waals surface area contributed by atoms with Crippen molar-refractivity contribution in [2.45, 2.75) is 45.5 Å². The van der Waals surface area contributed by atoms with Crippen LogP contribution in [0.5, 0.6) is 0 Å². The zero-order valence-corrected chi connectivity index (χ0v) is 11.6. The molecule has 1 aliphatic rings. The van der Waals surface area contributed by atoms with Gasteiger partial charge in [-0.1, -0.05) is 6.92 Å². The zero-order chi connectivity index (χ0) is 13.0. The second-order valence-corrected chi connectivity index (χ2v) is 5.05.